The van der Waals surface area contributed by atoms with Crippen LogP contribution in [0.5, 0.6) is 5.75 Å². The van der Waals surface area contributed by atoms with E-state index in [0.717, 1.165) is 10.8 Å². The Morgan fingerprint density at radius 2 is 1.84 bits per heavy atom. The highest BCUT2D eigenvalue weighted by atomic mass is 79.9. The van der Waals surface area contributed by atoms with Gasteiger partial charge < -0.3 is 9.84 Å². The molecule has 128 valence electrons. The van der Waals surface area contributed by atoms with Crippen LogP contribution in [0.3, 0.4) is 0 Å². The Bertz CT molecular complexity index is 986. The van der Waals surface area contributed by atoms with Crippen molar-refractivity contribution in [2.24, 2.45) is 0 Å². The number of hydrogen-bond acceptors (Lipinski definition) is 2. The number of benzene rings is 3. The molecule has 0 aliphatic heterocycles. The number of hydrogen-bond donors (Lipinski definition) is 1. The van der Waals surface area contributed by atoms with Gasteiger partial charge in [-0.1, -0.05) is 63.4 Å². The Morgan fingerprint density at radius 3 is 2.44 bits per heavy atom. The third-order valence-electron chi connectivity index (χ3n) is 4.02. The maximum Gasteiger partial charge on any atom is 0.336 e. The van der Waals surface area contributed by atoms with Crippen molar-refractivity contribution in [3.63, 3.8) is 0 Å². The predicted molar refractivity (Wildman–Crippen MR) is 106 cm³/mol. The van der Waals surface area contributed by atoms with E-state index in [-0.39, 0.29) is 5.56 Å². The number of carbonyl (C=O) groups is 1. The molecule has 0 fully saturated rings. The Labute approximate surface area is 163 Å². The van der Waals surface area contributed by atoms with E-state index >= 15 is 0 Å². The Hall–Kier alpha value is -1.75. The molecule has 0 spiro atoms. The quantitative estimate of drug-likeness (QED) is 0.477. The van der Waals surface area contributed by atoms with Crippen molar-refractivity contribution in [2.45, 2.75) is 5.33 Å². The van der Waals surface area contributed by atoms with Gasteiger partial charge in [0.15, 0.2) is 0 Å². The van der Waals surface area contributed by atoms with Crippen molar-refractivity contribution < 1.29 is 14.6 Å². The Balaban J connectivity index is 2.59. The molecule has 0 radical (unpaired) electrons. The van der Waals surface area contributed by atoms with Crippen molar-refractivity contribution in [2.75, 3.05) is 7.11 Å². The summed E-state index contributed by atoms with van der Waals surface area (Å²) in [6, 6.07) is 12.5. The molecule has 3 nitrogen and oxygen atoms in total. The first kappa shape index (κ1) is 18.1. The molecule has 3 rings (SSSR count). The van der Waals surface area contributed by atoms with E-state index in [4.69, 9.17) is 27.9 Å². The first-order valence-electron chi connectivity index (χ1n) is 7.35. The standard InChI is InChI=1S/C19H13BrCl2O3/c1-25-18-12-5-3-2-4-11(12)16(17(19(23)24)14(18)9-20)13-8-10(21)6-7-15(13)22/h2-8H,9H2,1H3,(H,23,24). The summed E-state index contributed by atoms with van der Waals surface area (Å²) in [5.74, 6) is -0.517. The number of carboxylic acids is 1. The SMILES string of the molecule is COc1c(CBr)c(C(=O)O)c(-c2cc(Cl)ccc2Cl)c2ccccc12. The van der Waals surface area contributed by atoms with E-state index in [0.29, 0.717) is 37.8 Å². The first-order chi connectivity index (χ1) is 12.0. The van der Waals surface area contributed by atoms with Crippen LogP contribution in [0, 0.1) is 0 Å². The number of aromatic carboxylic acids is 1. The molecule has 0 aromatic heterocycles. The van der Waals surface area contributed by atoms with E-state index in [1.54, 1.807) is 18.2 Å². The van der Waals surface area contributed by atoms with Crippen molar-refractivity contribution in [3.8, 4) is 16.9 Å². The second-order valence-electron chi connectivity index (χ2n) is 5.37. The maximum absolute atomic E-state index is 12.1. The van der Waals surface area contributed by atoms with Gasteiger partial charge in [0.25, 0.3) is 0 Å². The van der Waals surface area contributed by atoms with Gasteiger partial charge in [-0.15, -0.1) is 0 Å². The first-order valence-corrected chi connectivity index (χ1v) is 9.23. The van der Waals surface area contributed by atoms with Crippen LogP contribution >= 0.6 is 39.1 Å². The van der Waals surface area contributed by atoms with Crippen LogP contribution in [0.4, 0.5) is 0 Å². The van der Waals surface area contributed by atoms with Gasteiger partial charge in [0, 0.05) is 37.5 Å². The molecule has 0 aliphatic rings. The molecular weight excluding hydrogens is 427 g/mol. The van der Waals surface area contributed by atoms with Crippen LogP contribution in [0.1, 0.15) is 15.9 Å². The molecule has 0 unspecified atom stereocenters. The topological polar surface area (TPSA) is 46.5 Å². The summed E-state index contributed by atoms with van der Waals surface area (Å²) in [6.07, 6.45) is 0. The minimum Gasteiger partial charge on any atom is -0.496 e. The molecule has 0 atom stereocenters. The maximum atomic E-state index is 12.1. The fourth-order valence-electron chi connectivity index (χ4n) is 3.03. The molecule has 0 saturated heterocycles. The lowest BCUT2D eigenvalue weighted by Crippen LogP contribution is -2.08. The van der Waals surface area contributed by atoms with Gasteiger partial charge in [-0.25, -0.2) is 4.79 Å². The molecule has 3 aromatic carbocycles. The molecule has 1 N–H and O–H groups in total. The predicted octanol–water partition coefficient (Wildman–Crippen LogP) is 6.42. The van der Waals surface area contributed by atoms with Crippen LogP contribution in [-0.4, -0.2) is 18.2 Å². The molecular formula is C19H13BrCl2O3. The van der Waals surface area contributed by atoms with Gasteiger partial charge >= 0.3 is 5.97 Å². The average Bonchev–Trinajstić information content (AvgIpc) is 2.61. The normalized spacial score (nSPS) is 10.9. The van der Waals surface area contributed by atoms with Gasteiger partial charge in [-0.2, -0.15) is 0 Å². The molecule has 0 bridgehead atoms. The Morgan fingerprint density at radius 1 is 1.16 bits per heavy atom. The molecule has 3 aromatic rings. The van der Waals surface area contributed by atoms with E-state index < -0.39 is 5.97 Å². The highest BCUT2D eigenvalue weighted by Gasteiger charge is 2.25. The van der Waals surface area contributed by atoms with Gasteiger partial charge in [-0.3, -0.25) is 0 Å². The minimum atomic E-state index is -1.05. The fourth-order valence-corrected chi connectivity index (χ4v) is 3.95. The molecule has 0 aliphatic carbocycles. The van der Waals surface area contributed by atoms with E-state index in [2.05, 4.69) is 15.9 Å². The zero-order chi connectivity index (χ0) is 18.1. The third-order valence-corrected chi connectivity index (χ3v) is 5.14. The van der Waals surface area contributed by atoms with Crippen molar-refractivity contribution >= 4 is 55.9 Å². The highest BCUT2D eigenvalue weighted by molar-refractivity contribution is 9.08. The van der Waals surface area contributed by atoms with Crippen LogP contribution in [0.25, 0.3) is 21.9 Å². The third kappa shape index (κ3) is 3.10. The Kier molecular flexibility index (Phi) is 5.23. The summed E-state index contributed by atoms with van der Waals surface area (Å²) < 4.78 is 5.53. The number of methoxy groups -OCH3 is 1. The van der Waals surface area contributed by atoms with Crippen molar-refractivity contribution in [1.82, 2.24) is 0 Å². The summed E-state index contributed by atoms with van der Waals surface area (Å²) in [7, 11) is 1.53. The largest absolute Gasteiger partial charge is 0.496 e. The van der Waals surface area contributed by atoms with Crippen LogP contribution < -0.4 is 4.74 Å². The molecule has 0 heterocycles. The van der Waals surface area contributed by atoms with Gasteiger partial charge in [-0.05, 0) is 23.6 Å². The zero-order valence-corrected chi connectivity index (χ0v) is 16.2. The average molecular weight is 440 g/mol. The summed E-state index contributed by atoms with van der Waals surface area (Å²) >= 11 is 15.9. The van der Waals surface area contributed by atoms with Gasteiger partial charge in [0.1, 0.15) is 5.75 Å². The molecule has 0 saturated carbocycles. The van der Waals surface area contributed by atoms with Crippen LogP contribution in [-0.2, 0) is 5.33 Å². The number of alkyl halides is 1. The highest BCUT2D eigenvalue weighted by Crippen LogP contribution is 2.44. The summed E-state index contributed by atoms with van der Waals surface area (Å²) in [5.41, 5.74) is 1.81. The lowest BCUT2D eigenvalue weighted by Gasteiger charge is -2.19. The van der Waals surface area contributed by atoms with E-state index in [9.17, 15) is 9.90 Å². The number of fused-ring (bicyclic) bond motifs is 1. The smallest absolute Gasteiger partial charge is 0.336 e. The van der Waals surface area contributed by atoms with Crippen molar-refractivity contribution in [1.29, 1.82) is 0 Å². The summed E-state index contributed by atoms with van der Waals surface area (Å²) in [6.45, 7) is 0. The number of ether oxygens (including phenoxy) is 1. The fraction of sp³-hybridized carbons (Fsp3) is 0.105. The van der Waals surface area contributed by atoms with Crippen molar-refractivity contribution in [3.05, 3.63) is 63.6 Å². The van der Waals surface area contributed by atoms with E-state index in [1.807, 2.05) is 24.3 Å². The number of rotatable bonds is 4. The molecule has 25 heavy (non-hydrogen) atoms. The molecule has 6 heteroatoms. The lowest BCUT2D eigenvalue weighted by molar-refractivity contribution is 0.0696. The van der Waals surface area contributed by atoms with Crippen LogP contribution in [0.2, 0.25) is 10.0 Å². The summed E-state index contributed by atoms with van der Waals surface area (Å²) in [4.78, 5) is 12.1. The number of halogens is 3. The summed E-state index contributed by atoms with van der Waals surface area (Å²) in [5, 5.41) is 12.7. The van der Waals surface area contributed by atoms with E-state index in [1.165, 1.54) is 7.11 Å². The lowest BCUT2D eigenvalue weighted by atomic mass is 9.89. The van der Waals surface area contributed by atoms with Gasteiger partial charge in [0.05, 0.1) is 12.7 Å². The van der Waals surface area contributed by atoms with Crippen LogP contribution in [0.15, 0.2) is 42.5 Å². The monoisotopic (exact) mass is 438 g/mol. The van der Waals surface area contributed by atoms with Gasteiger partial charge in [0.2, 0.25) is 0 Å². The number of carboxylic acid groups (broad SMARTS) is 1. The second-order valence-corrected chi connectivity index (χ2v) is 6.77. The minimum absolute atomic E-state index is 0.150. The second kappa shape index (κ2) is 7.24. The zero-order valence-electron chi connectivity index (χ0n) is 13.1. The molecule has 0 amide bonds.